The van der Waals surface area contributed by atoms with Crippen molar-refractivity contribution in [2.75, 3.05) is 22.1 Å². The number of hydrogen-bond donors (Lipinski definition) is 3. The number of aryl methyl sites for hydroxylation is 2. The van der Waals surface area contributed by atoms with Crippen molar-refractivity contribution in [3.8, 4) is 0 Å². The van der Waals surface area contributed by atoms with Gasteiger partial charge < -0.3 is 20.6 Å². The van der Waals surface area contributed by atoms with Gasteiger partial charge in [-0.15, -0.1) is 0 Å². The van der Waals surface area contributed by atoms with Crippen LogP contribution in [0.3, 0.4) is 0 Å². The first-order chi connectivity index (χ1) is 14.6. The number of benzene rings is 2. The predicted molar refractivity (Wildman–Crippen MR) is 122 cm³/mol. The Bertz CT molecular complexity index is 938. The Morgan fingerprint density at radius 1 is 1.16 bits per heavy atom. The molecule has 0 radical (unpaired) electrons. The van der Waals surface area contributed by atoms with E-state index in [0.717, 1.165) is 29.7 Å². The van der Waals surface area contributed by atoms with E-state index in [1.807, 2.05) is 48.2 Å². The van der Waals surface area contributed by atoms with Crippen molar-refractivity contribution < 1.29 is 19.1 Å². The Balaban J connectivity index is 1.86. The van der Waals surface area contributed by atoms with E-state index in [4.69, 9.17) is 5.11 Å². The quantitative estimate of drug-likeness (QED) is 0.555. The van der Waals surface area contributed by atoms with Crippen molar-refractivity contribution >= 4 is 29.1 Å². The second-order valence-electron chi connectivity index (χ2n) is 8.61. The maximum atomic E-state index is 14.8. The molecular weight excluding hydrogens is 397 g/mol. The van der Waals surface area contributed by atoms with Gasteiger partial charge in [0.05, 0.1) is 17.4 Å². The average molecular weight is 428 g/mol. The van der Waals surface area contributed by atoms with E-state index >= 15 is 0 Å². The Hall–Kier alpha value is -3.09. The van der Waals surface area contributed by atoms with Crippen LogP contribution in [-0.4, -0.2) is 35.4 Å². The molecule has 3 N–H and O–H groups in total. The maximum Gasteiger partial charge on any atom is 0.323 e. The highest BCUT2D eigenvalue weighted by Gasteiger charge is 2.38. The van der Waals surface area contributed by atoms with Gasteiger partial charge in [0.2, 0.25) is 0 Å². The van der Waals surface area contributed by atoms with Crippen molar-refractivity contribution in [2.45, 2.75) is 58.2 Å². The fourth-order valence-electron chi connectivity index (χ4n) is 4.03. The van der Waals surface area contributed by atoms with Gasteiger partial charge in [-0.3, -0.25) is 4.79 Å². The zero-order valence-corrected chi connectivity index (χ0v) is 18.2. The molecule has 166 valence electrons. The number of halogens is 1. The van der Waals surface area contributed by atoms with Crippen LogP contribution < -0.4 is 15.5 Å². The highest BCUT2D eigenvalue weighted by Crippen LogP contribution is 2.38. The molecule has 1 heterocycles. The van der Waals surface area contributed by atoms with Crippen LogP contribution >= 0.6 is 0 Å². The number of hydrogen-bond acceptors (Lipinski definition) is 3. The van der Waals surface area contributed by atoms with Gasteiger partial charge in [-0.1, -0.05) is 23.8 Å². The number of urea groups is 1. The zero-order valence-electron chi connectivity index (χ0n) is 18.2. The topological polar surface area (TPSA) is 81.7 Å². The van der Waals surface area contributed by atoms with Crippen molar-refractivity contribution in [3.63, 3.8) is 0 Å². The van der Waals surface area contributed by atoms with Crippen LogP contribution in [0.1, 0.15) is 44.2 Å². The highest BCUT2D eigenvalue weighted by atomic mass is 19.1. The summed E-state index contributed by atoms with van der Waals surface area (Å²) in [5, 5.41) is 14.7. The summed E-state index contributed by atoms with van der Waals surface area (Å²) in [4.78, 5) is 25.6. The molecule has 0 saturated carbocycles. The molecule has 31 heavy (non-hydrogen) atoms. The molecule has 2 amide bonds. The zero-order chi connectivity index (χ0) is 22.6. The number of carbonyl (C=O) groups excluding carboxylic acids is 1. The molecule has 1 aliphatic rings. The highest BCUT2D eigenvalue weighted by molar-refractivity contribution is 6.02. The van der Waals surface area contributed by atoms with E-state index in [-0.39, 0.29) is 12.5 Å². The number of anilines is 3. The summed E-state index contributed by atoms with van der Waals surface area (Å²) in [6.45, 7) is 5.82. The van der Waals surface area contributed by atoms with Crippen LogP contribution in [0.25, 0.3) is 0 Å². The first-order valence-corrected chi connectivity index (χ1v) is 10.6. The van der Waals surface area contributed by atoms with Crippen LogP contribution in [0.4, 0.5) is 26.2 Å². The Morgan fingerprint density at radius 2 is 1.87 bits per heavy atom. The molecule has 3 rings (SSSR count). The largest absolute Gasteiger partial charge is 0.481 e. The molecule has 1 fully saturated rings. The molecule has 1 unspecified atom stereocenters. The van der Waals surface area contributed by atoms with Crippen LogP contribution in [0, 0.1) is 6.92 Å². The van der Waals surface area contributed by atoms with E-state index in [2.05, 4.69) is 10.6 Å². The summed E-state index contributed by atoms with van der Waals surface area (Å²) >= 11 is 0. The van der Waals surface area contributed by atoms with Crippen LogP contribution in [0.5, 0.6) is 0 Å². The van der Waals surface area contributed by atoms with Gasteiger partial charge in [-0.05, 0) is 69.9 Å². The van der Waals surface area contributed by atoms with Crippen LogP contribution in [0.15, 0.2) is 42.5 Å². The fraction of sp³-hybridized carbons (Fsp3) is 0.417. The molecule has 1 atom stereocenters. The van der Waals surface area contributed by atoms with Crippen LogP contribution in [-0.2, 0) is 11.2 Å². The van der Waals surface area contributed by atoms with Crippen molar-refractivity contribution in [1.29, 1.82) is 0 Å². The van der Waals surface area contributed by atoms with E-state index in [0.29, 0.717) is 24.3 Å². The van der Waals surface area contributed by atoms with Crippen molar-refractivity contribution in [2.24, 2.45) is 0 Å². The lowest BCUT2D eigenvalue weighted by atomic mass is 9.97. The molecular formula is C24H30FN3O3. The Morgan fingerprint density at radius 3 is 2.52 bits per heavy atom. The molecule has 2 aromatic rings. The van der Waals surface area contributed by atoms with Gasteiger partial charge in [0.15, 0.2) is 0 Å². The number of carboxylic acid groups (broad SMARTS) is 1. The first kappa shape index (κ1) is 22.6. The minimum Gasteiger partial charge on any atom is -0.481 e. The summed E-state index contributed by atoms with van der Waals surface area (Å²) < 4.78 is 14.8. The first-order valence-electron chi connectivity index (χ1n) is 10.6. The number of carboxylic acids is 1. The third-order valence-corrected chi connectivity index (χ3v) is 5.60. The number of rotatable bonds is 7. The SMILES string of the molecule is Cc1ccc(NC(=O)Nc2cc(CCC(=O)O)ccc2N2CCCC2C(C)(C)F)cc1. The Kier molecular flexibility index (Phi) is 6.83. The lowest BCUT2D eigenvalue weighted by Crippen LogP contribution is -2.43. The standard InChI is InChI=1S/C24H30FN3O3/c1-16-6-10-18(11-7-16)26-23(31)27-19-15-17(9-13-22(29)30)8-12-20(19)28-14-4-5-21(28)24(2,3)25/h6-8,10-12,15,21H,4-5,9,13-14H2,1-3H3,(H,29,30)(H2,26,27,31). The van der Waals surface area contributed by atoms with E-state index in [9.17, 15) is 14.0 Å². The lowest BCUT2D eigenvalue weighted by Gasteiger charge is -2.35. The smallest absolute Gasteiger partial charge is 0.323 e. The lowest BCUT2D eigenvalue weighted by molar-refractivity contribution is -0.136. The van der Waals surface area contributed by atoms with Gasteiger partial charge in [-0.2, -0.15) is 0 Å². The third-order valence-electron chi connectivity index (χ3n) is 5.60. The van der Waals surface area contributed by atoms with Gasteiger partial charge in [0.25, 0.3) is 0 Å². The molecule has 7 heteroatoms. The summed E-state index contributed by atoms with van der Waals surface area (Å²) in [5.74, 6) is -0.880. The van der Waals surface area contributed by atoms with Crippen molar-refractivity contribution in [3.05, 3.63) is 53.6 Å². The minimum atomic E-state index is -1.39. The Labute approximate surface area is 182 Å². The second-order valence-corrected chi connectivity index (χ2v) is 8.61. The van der Waals surface area contributed by atoms with Gasteiger partial charge >= 0.3 is 12.0 Å². The van der Waals surface area contributed by atoms with E-state index in [1.54, 1.807) is 19.9 Å². The predicted octanol–water partition coefficient (Wildman–Crippen LogP) is 5.37. The molecule has 2 aromatic carbocycles. The number of nitrogens with zero attached hydrogens (tertiary/aromatic N) is 1. The molecule has 0 bridgehead atoms. The van der Waals surface area contributed by atoms with Gasteiger partial charge in [0, 0.05) is 18.7 Å². The summed E-state index contributed by atoms with van der Waals surface area (Å²) in [5.41, 5.74) is 2.45. The summed E-state index contributed by atoms with van der Waals surface area (Å²) in [6, 6.07) is 12.2. The normalized spacial score (nSPS) is 16.3. The van der Waals surface area contributed by atoms with Crippen molar-refractivity contribution in [1.82, 2.24) is 0 Å². The molecule has 0 aromatic heterocycles. The monoisotopic (exact) mass is 427 g/mol. The van der Waals surface area contributed by atoms with E-state index in [1.165, 1.54) is 0 Å². The third kappa shape index (κ3) is 5.96. The van der Waals surface area contributed by atoms with E-state index < -0.39 is 17.7 Å². The number of alkyl halides is 1. The minimum absolute atomic E-state index is 0.00179. The number of aliphatic carboxylic acids is 1. The fourth-order valence-corrected chi connectivity index (χ4v) is 4.03. The number of carbonyl (C=O) groups is 2. The number of amides is 2. The second kappa shape index (κ2) is 9.37. The molecule has 1 aliphatic heterocycles. The maximum absolute atomic E-state index is 14.8. The molecule has 1 saturated heterocycles. The molecule has 0 aliphatic carbocycles. The average Bonchev–Trinajstić information content (AvgIpc) is 3.18. The molecule has 0 spiro atoms. The van der Waals surface area contributed by atoms with Gasteiger partial charge in [-0.25, -0.2) is 9.18 Å². The van der Waals surface area contributed by atoms with Gasteiger partial charge in [0.1, 0.15) is 5.67 Å². The van der Waals surface area contributed by atoms with Crippen LogP contribution in [0.2, 0.25) is 0 Å². The molecule has 6 nitrogen and oxygen atoms in total. The number of nitrogens with one attached hydrogen (secondary N) is 2. The summed E-state index contributed by atoms with van der Waals surface area (Å²) in [7, 11) is 0. The summed E-state index contributed by atoms with van der Waals surface area (Å²) in [6.07, 6.45) is 1.95.